The summed E-state index contributed by atoms with van der Waals surface area (Å²) in [5.41, 5.74) is 2.37. The van der Waals surface area contributed by atoms with Crippen LogP contribution in [0.15, 0.2) is 53.0 Å². The van der Waals surface area contributed by atoms with E-state index in [1.165, 1.54) is 0 Å². The quantitative estimate of drug-likeness (QED) is 0.756. The molecule has 1 heterocycles. The van der Waals surface area contributed by atoms with Crippen molar-refractivity contribution >= 4 is 33.6 Å². The van der Waals surface area contributed by atoms with E-state index >= 15 is 0 Å². The predicted octanol–water partition coefficient (Wildman–Crippen LogP) is 4.47. The molecule has 0 aliphatic carbocycles. The molecule has 0 saturated heterocycles. The molecule has 5 nitrogen and oxygen atoms in total. The van der Waals surface area contributed by atoms with Gasteiger partial charge in [-0.1, -0.05) is 52.3 Å². The fraction of sp³-hybridized carbons (Fsp3) is 0.364. The number of alkyl carbamates (subject to hydrolysis) is 1. The van der Waals surface area contributed by atoms with E-state index in [1.54, 1.807) is 25.7 Å². The third kappa shape index (κ3) is 5.13. The fourth-order valence-corrected chi connectivity index (χ4v) is 3.62. The van der Waals surface area contributed by atoms with Crippen molar-refractivity contribution in [2.45, 2.75) is 45.3 Å². The van der Waals surface area contributed by atoms with Gasteiger partial charge in [0.15, 0.2) is 0 Å². The molecule has 1 aliphatic rings. The highest BCUT2D eigenvalue weighted by Crippen LogP contribution is 2.31. The molecule has 3 rings (SSSR count). The lowest BCUT2D eigenvalue weighted by atomic mass is 10.0. The Labute approximate surface area is 174 Å². The van der Waals surface area contributed by atoms with Crippen molar-refractivity contribution in [3.05, 3.63) is 64.1 Å². The Hall–Kier alpha value is -2.34. The molecule has 2 aromatic rings. The zero-order valence-electron chi connectivity index (χ0n) is 16.4. The number of carbonyl (C=O) groups excluding carboxylic acids is 2. The number of hydrogen-bond donors (Lipinski definition) is 1. The van der Waals surface area contributed by atoms with Gasteiger partial charge in [0.05, 0.1) is 0 Å². The number of nitrogens with one attached hydrogen (secondary N) is 1. The SMILES string of the molecule is CC(C)(C)OC(=O)NC(Cc1ccccc1)C(=O)N1CCc2ccc(Br)cc21. The van der Waals surface area contributed by atoms with Gasteiger partial charge in [0.2, 0.25) is 5.91 Å². The molecule has 0 saturated carbocycles. The number of halogens is 1. The van der Waals surface area contributed by atoms with Gasteiger partial charge >= 0.3 is 6.09 Å². The van der Waals surface area contributed by atoms with E-state index in [9.17, 15) is 9.59 Å². The first-order valence-electron chi connectivity index (χ1n) is 9.36. The highest BCUT2D eigenvalue weighted by atomic mass is 79.9. The van der Waals surface area contributed by atoms with Gasteiger partial charge in [0.25, 0.3) is 0 Å². The van der Waals surface area contributed by atoms with Crippen LogP contribution in [0.25, 0.3) is 0 Å². The summed E-state index contributed by atoms with van der Waals surface area (Å²) in [6, 6.07) is 14.9. The van der Waals surface area contributed by atoms with E-state index in [0.29, 0.717) is 13.0 Å². The van der Waals surface area contributed by atoms with Gasteiger partial charge in [-0.15, -0.1) is 0 Å². The maximum Gasteiger partial charge on any atom is 0.408 e. The summed E-state index contributed by atoms with van der Waals surface area (Å²) in [6.07, 6.45) is 0.618. The normalized spacial score (nSPS) is 14.4. The number of anilines is 1. The van der Waals surface area contributed by atoms with E-state index in [2.05, 4.69) is 21.2 Å². The van der Waals surface area contributed by atoms with Crippen LogP contribution in [0.5, 0.6) is 0 Å². The number of rotatable bonds is 4. The first-order valence-corrected chi connectivity index (χ1v) is 10.2. The number of benzene rings is 2. The number of ether oxygens (including phenoxy) is 1. The van der Waals surface area contributed by atoms with Crippen molar-refractivity contribution in [1.82, 2.24) is 5.32 Å². The topological polar surface area (TPSA) is 58.6 Å². The standard InChI is InChI=1S/C22H25BrN2O3/c1-22(2,3)28-21(27)24-18(13-15-7-5-4-6-8-15)20(26)25-12-11-16-9-10-17(23)14-19(16)25/h4-10,14,18H,11-13H2,1-3H3,(H,24,27). The van der Waals surface area contributed by atoms with E-state index < -0.39 is 17.7 Å². The minimum atomic E-state index is -0.706. The molecular formula is C22H25BrN2O3. The lowest BCUT2D eigenvalue weighted by Gasteiger charge is -2.27. The van der Waals surface area contributed by atoms with Gasteiger partial charge in [-0.3, -0.25) is 4.79 Å². The Bertz CT molecular complexity index is 862. The highest BCUT2D eigenvalue weighted by Gasteiger charge is 2.32. The maximum absolute atomic E-state index is 13.4. The third-order valence-electron chi connectivity index (χ3n) is 4.48. The van der Waals surface area contributed by atoms with E-state index in [0.717, 1.165) is 27.7 Å². The molecule has 0 radical (unpaired) electrons. The number of amides is 2. The van der Waals surface area contributed by atoms with Crippen molar-refractivity contribution in [3.8, 4) is 0 Å². The Morgan fingerprint density at radius 1 is 1.18 bits per heavy atom. The number of carbonyl (C=O) groups is 2. The van der Waals surface area contributed by atoms with Crippen LogP contribution in [0, 0.1) is 0 Å². The average molecular weight is 445 g/mol. The minimum absolute atomic E-state index is 0.133. The van der Waals surface area contributed by atoms with Crippen molar-refractivity contribution in [1.29, 1.82) is 0 Å². The molecule has 0 bridgehead atoms. The second kappa shape index (κ2) is 8.35. The third-order valence-corrected chi connectivity index (χ3v) is 4.97. The van der Waals surface area contributed by atoms with E-state index in [1.807, 2.05) is 48.5 Å². The molecule has 1 unspecified atom stereocenters. The van der Waals surface area contributed by atoms with Gasteiger partial charge in [-0.2, -0.15) is 0 Å². The number of nitrogens with zero attached hydrogens (tertiary/aromatic N) is 1. The van der Waals surface area contributed by atoms with Crippen LogP contribution in [0.1, 0.15) is 31.9 Å². The molecular weight excluding hydrogens is 420 g/mol. The van der Waals surface area contributed by atoms with Crippen LogP contribution in [-0.4, -0.2) is 30.2 Å². The van der Waals surface area contributed by atoms with E-state index in [-0.39, 0.29) is 5.91 Å². The molecule has 1 N–H and O–H groups in total. The van der Waals surface area contributed by atoms with Gasteiger partial charge < -0.3 is 15.0 Å². The second-order valence-corrected chi connectivity index (χ2v) is 8.82. The van der Waals surface area contributed by atoms with Crippen LogP contribution in [0.2, 0.25) is 0 Å². The molecule has 28 heavy (non-hydrogen) atoms. The van der Waals surface area contributed by atoms with Crippen molar-refractivity contribution in [3.63, 3.8) is 0 Å². The van der Waals surface area contributed by atoms with Gasteiger partial charge in [0.1, 0.15) is 11.6 Å². The van der Waals surface area contributed by atoms with Crippen LogP contribution in [0.4, 0.5) is 10.5 Å². The Balaban J connectivity index is 1.83. The smallest absolute Gasteiger partial charge is 0.408 e. The van der Waals surface area contributed by atoms with Crippen molar-refractivity contribution < 1.29 is 14.3 Å². The van der Waals surface area contributed by atoms with Crippen LogP contribution in [-0.2, 0) is 22.4 Å². The molecule has 0 fully saturated rings. The first-order chi connectivity index (χ1) is 13.2. The molecule has 0 spiro atoms. The highest BCUT2D eigenvalue weighted by molar-refractivity contribution is 9.10. The lowest BCUT2D eigenvalue weighted by Crippen LogP contribution is -2.50. The molecule has 0 aromatic heterocycles. The molecule has 2 amide bonds. The second-order valence-electron chi connectivity index (χ2n) is 7.90. The Morgan fingerprint density at radius 3 is 2.57 bits per heavy atom. The largest absolute Gasteiger partial charge is 0.444 e. The summed E-state index contributed by atoms with van der Waals surface area (Å²) in [6.45, 7) is 6.00. The van der Waals surface area contributed by atoms with Crippen LogP contribution in [0.3, 0.4) is 0 Å². The summed E-state index contributed by atoms with van der Waals surface area (Å²) in [7, 11) is 0. The van der Waals surface area contributed by atoms with Crippen molar-refractivity contribution in [2.75, 3.05) is 11.4 Å². The van der Waals surface area contributed by atoms with E-state index in [4.69, 9.17) is 4.74 Å². The van der Waals surface area contributed by atoms with Crippen molar-refractivity contribution in [2.24, 2.45) is 0 Å². The number of fused-ring (bicyclic) bond motifs is 1. The molecule has 1 atom stereocenters. The predicted molar refractivity (Wildman–Crippen MR) is 114 cm³/mol. The van der Waals surface area contributed by atoms with Gasteiger partial charge in [0, 0.05) is 23.1 Å². The minimum Gasteiger partial charge on any atom is -0.444 e. The first kappa shape index (κ1) is 20.4. The zero-order chi connectivity index (χ0) is 20.3. The van der Waals surface area contributed by atoms with Crippen LogP contribution >= 0.6 is 15.9 Å². The number of hydrogen-bond acceptors (Lipinski definition) is 3. The lowest BCUT2D eigenvalue weighted by molar-refractivity contribution is -0.120. The van der Waals surface area contributed by atoms with Crippen LogP contribution < -0.4 is 10.2 Å². The summed E-state index contributed by atoms with van der Waals surface area (Å²) in [4.78, 5) is 27.5. The maximum atomic E-state index is 13.4. The molecule has 1 aliphatic heterocycles. The van der Waals surface area contributed by atoms with Gasteiger partial charge in [-0.05, 0) is 50.5 Å². The summed E-state index contributed by atoms with van der Waals surface area (Å²) >= 11 is 3.48. The summed E-state index contributed by atoms with van der Waals surface area (Å²) in [5, 5.41) is 2.78. The Kier molecular flexibility index (Phi) is 6.08. The molecule has 6 heteroatoms. The molecule has 148 valence electrons. The summed E-state index contributed by atoms with van der Waals surface area (Å²) < 4.78 is 6.30. The Morgan fingerprint density at radius 2 is 1.89 bits per heavy atom. The average Bonchev–Trinajstić information content (AvgIpc) is 3.02. The zero-order valence-corrected chi connectivity index (χ0v) is 18.0. The fourth-order valence-electron chi connectivity index (χ4n) is 3.27. The monoisotopic (exact) mass is 444 g/mol. The molecule has 2 aromatic carbocycles. The summed E-state index contributed by atoms with van der Waals surface area (Å²) in [5.74, 6) is -0.133. The van der Waals surface area contributed by atoms with Gasteiger partial charge in [-0.25, -0.2) is 4.79 Å².